The molecule has 0 saturated carbocycles. The summed E-state index contributed by atoms with van der Waals surface area (Å²) in [4.78, 5) is 4.29. The van der Waals surface area contributed by atoms with Gasteiger partial charge in [-0.15, -0.1) is 11.3 Å². The zero-order valence-electron chi connectivity index (χ0n) is 8.25. The van der Waals surface area contributed by atoms with E-state index in [4.69, 9.17) is 5.73 Å². The molecule has 4 nitrogen and oxygen atoms in total. The van der Waals surface area contributed by atoms with Gasteiger partial charge in [-0.25, -0.2) is 4.98 Å². The van der Waals surface area contributed by atoms with Gasteiger partial charge in [0.05, 0.1) is 15.0 Å². The van der Waals surface area contributed by atoms with Gasteiger partial charge in [-0.3, -0.25) is 5.10 Å². The molecule has 0 spiro atoms. The van der Waals surface area contributed by atoms with Crippen molar-refractivity contribution >= 4 is 33.1 Å². The minimum Gasteiger partial charge on any atom is -0.382 e. The number of H-pyrrole nitrogens is 1. The summed E-state index contributed by atoms with van der Waals surface area (Å²) in [7, 11) is 0. The minimum absolute atomic E-state index is 0.576. The highest BCUT2D eigenvalue weighted by Crippen LogP contribution is 2.33. The van der Waals surface area contributed by atoms with E-state index in [1.165, 1.54) is 0 Å². The molecule has 0 amide bonds. The van der Waals surface area contributed by atoms with Crippen molar-refractivity contribution in [2.45, 2.75) is 19.8 Å². The van der Waals surface area contributed by atoms with Crippen molar-refractivity contribution in [3.05, 3.63) is 14.9 Å². The SMILES string of the molecule is CCCc1c(N)n[nH]c1-c1ncsc1Br. The van der Waals surface area contributed by atoms with E-state index in [2.05, 4.69) is 38.0 Å². The summed E-state index contributed by atoms with van der Waals surface area (Å²) in [5.41, 5.74) is 10.5. The molecule has 0 saturated heterocycles. The third-order valence-electron chi connectivity index (χ3n) is 2.16. The highest BCUT2D eigenvalue weighted by atomic mass is 79.9. The molecule has 0 radical (unpaired) electrons. The number of nitrogens with two attached hydrogens (primary N) is 1. The lowest BCUT2D eigenvalue weighted by Crippen LogP contribution is -1.92. The van der Waals surface area contributed by atoms with Crippen molar-refractivity contribution in [3.63, 3.8) is 0 Å². The lowest BCUT2D eigenvalue weighted by Gasteiger charge is -1.99. The highest BCUT2D eigenvalue weighted by molar-refractivity contribution is 9.11. The molecule has 0 aromatic carbocycles. The van der Waals surface area contributed by atoms with Crippen LogP contribution in [0.5, 0.6) is 0 Å². The number of nitrogen functional groups attached to an aromatic ring is 1. The summed E-state index contributed by atoms with van der Waals surface area (Å²) < 4.78 is 1.00. The topological polar surface area (TPSA) is 67.6 Å². The highest BCUT2D eigenvalue weighted by Gasteiger charge is 2.15. The number of nitrogens with zero attached hydrogens (tertiary/aromatic N) is 2. The number of hydrogen-bond acceptors (Lipinski definition) is 4. The Hall–Kier alpha value is -0.880. The fourth-order valence-electron chi connectivity index (χ4n) is 1.47. The first-order valence-electron chi connectivity index (χ1n) is 4.66. The number of nitrogens with one attached hydrogen (secondary N) is 1. The number of thiazole rings is 1. The monoisotopic (exact) mass is 286 g/mol. The first-order chi connectivity index (χ1) is 7.24. The summed E-state index contributed by atoms with van der Waals surface area (Å²) in [5.74, 6) is 0.576. The van der Waals surface area contributed by atoms with Gasteiger partial charge in [0.15, 0.2) is 0 Å². The van der Waals surface area contributed by atoms with Crippen LogP contribution in [-0.2, 0) is 6.42 Å². The molecule has 2 heterocycles. The van der Waals surface area contributed by atoms with Gasteiger partial charge in [-0.2, -0.15) is 5.10 Å². The fourth-order valence-corrected chi connectivity index (χ4v) is 2.54. The van der Waals surface area contributed by atoms with Crippen LogP contribution >= 0.6 is 27.3 Å². The van der Waals surface area contributed by atoms with Gasteiger partial charge in [0, 0.05) is 5.56 Å². The first kappa shape index (κ1) is 10.6. The Labute approximate surface area is 100 Å². The first-order valence-corrected chi connectivity index (χ1v) is 6.33. The van der Waals surface area contributed by atoms with Crippen LogP contribution in [0.4, 0.5) is 5.82 Å². The van der Waals surface area contributed by atoms with Crippen molar-refractivity contribution in [1.29, 1.82) is 0 Å². The summed E-state index contributed by atoms with van der Waals surface area (Å²) >= 11 is 5.02. The lowest BCUT2D eigenvalue weighted by molar-refractivity contribution is 0.926. The average Bonchev–Trinajstić information content (AvgIpc) is 2.76. The van der Waals surface area contributed by atoms with Gasteiger partial charge < -0.3 is 5.73 Å². The summed E-state index contributed by atoms with van der Waals surface area (Å²) in [6.45, 7) is 2.12. The number of aromatic amines is 1. The van der Waals surface area contributed by atoms with Crippen molar-refractivity contribution in [2.75, 3.05) is 5.73 Å². The molecule has 2 aromatic heterocycles. The summed E-state index contributed by atoms with van der Waals surface area (Å²) in [5, 5.41) is 6.97. The second-order valence-electron chi connectivity index (χ2n) is 3.19. The maximum Gasteiger partial charge on any atom is 0.149 e. The predicted octanol–water partition coefficient (Wildman–Crippen LogP) is 2.83. The van der Waals surface area contributed by atoms with E-state index in [-0.39, 0.29) is 0 Å². The molecule has 0 aliphatic heterocycles. The molecule has 0 fully saturated rings. The molecule has 2 aromatic rings. The van der Waals surface area contributed by atoms with E-state index in [0.717, 1.165) is 33.6 Å². The standard InChI is InChI=1S/C9H11BrN4S/c1-2-3-5-6(13-14-9(5)11)7-8(10)15-4-12-7/h4H,2-3H2,1H3,(H3,11,13,14). The van der Waals surface area contributed by atoms with Gasteiger partial charge in [0.2, 0.25) is 0 Å². The van der Waals surface area contributed by atoms with Crippen molar-refractivity contribution in [2.24, 2.45) is 0 Å². The predicted molar refractivity (Wildman–Crippen MR) is 65.8 cm³/mol. The van der Waals surface area contributed by atoms with Crippen LogP contribution in [0, 0.1) is 0 Å². The Balaban J connectivity index is 2.49. The summed E-state index contributed by atoms with van der Waals surface area (Å²) in [6, 6.07) is 0. The molecule has 6 heteroatoms. The lowest BCUT2D eigenvalue weighted by atomic mass is 10.1. The Morgan fingerprint density at radius 3 is 3.00 bits per heavy atom. The number of rotatable bonds is 3. The molecular formula is C9H11BrN4S. The van der Waals surface area contributed by atoms with E-state index >= 15 is 0 Å². The quantitative estimate of drug-likeness (QED) is 0.912. The minimum atomic E-state index is 0.576. The van der Waals surface area contributed by atoms with Crippen molar-refractivity contribution in [3.8, 4) is 11.4 Å². The molecule has 80 valence electrons. The summed E-state index contributed by atoms with van der Waals surface area (Å²) in [6.07, 6.45) is 1.96. The van der Waals surface area contributed by atoms with E-state index in [1.807, 2.05) is 0 Å². The largest absolute Gasteiger partial charge is 0.382 e. The van der Waals surface area contributed by atoms with Crippen LogP contribution in [0.2, 0.25) is 0 Å². The Kier molecular flexibility index (Phi) is 3.06. The van der Waals surface area contributed by atoms with Gasteiger partial charge in [0.1, 0.15) is 11.5 Å². The van der Waals surface area contributed by atoms with Gasteiger partial charge >= 0.3 is 0 Å². The van der Waals surface area contributed by atoms with Crippen LogP contribution in [0.3, 0.4) is 0 Å². The van der Waals surface area contributed by atoms with E-state index < -0.39 is 0 Å². The van der Waals surface area contributed by atoms with Gasteiger partial charge in [0.25, 0.3) is 0 Å². The van der Waals surface area contributed by atoms with Gasteiger partial charge in [-0.1, -0.05) is 13.3 Å². The number of halogens is 1. The zero-order valence-corrected chi connectivity index (χ0v) is 10.7. The smallest absolute Gasteiger partial charge is 0.149 e. The average molecular weight is 287 g/mol. The van der Waals surface area contributed by atoms with Crippen LogP contribution in [0.25, 0.3) is 11.4 Å². The molecule has 0 aliphatic carbocycles. The Bertz CT molecular complexity index is 462. The number of aromatic nitrogens is 3. The molecule has 3 N–H and O–H groups in total. The Morgan fingerprint density at radius 2 is 2.40 bits per heavy atom. The van der Waals surface area contributed by atoms with Crippen LogP contribution in [0.1, 0.15) is 18.9 Å². The third-order valence-corrected chi connectivity index (χ3v) is 3.71. The maximum atomic E-state index is 5.80. The molecule has 0 aliphatic rings. The van der Waals surface area contributed by atoms with Crippen LogP contribution < -0.4 is 5.73 Å². The van der Waals surface area contributed by atoms with E-state index in [9.17, 15) is 0 Å². The molecular weight excluding hydrogens is 276 g/mol. The number of hydrogen-bond donors (Lipinski definition) is 2. The number of anilines is 1. The molecule has 0 atom stereocenters. The van der Waals surface area contributed by atoms with Crippen LogP contribution in [-0.4, -0.2) is 15.2 Å². The molecule has 15 heavy (non-hydrogen) atoms. The van der Waals surface area contributed by atoms with Gasteiger partial charge in [-0.05, 0) is 22.4 Å². The van der Waals surface area contributed by atoms with Crippen LogP contribution in [0.15, 0.2) is 9.30 Å². The van der Waals surface area contributed by atoms with E-state index in [1.54, 1.807) is 16.8 Å². The molecule has 2 rings (SSSR count). The normalized spacial score (nSPS) is 10.8. The van der Waals surface area contributed by atoms with Crippen molar-refractivity contribution < 1.29 is 0 Å². The second-order valence-corrected chi connectivity index (χ2v) is 5.36. The molecule has 0 bridgehead atoms. The zero-order chi connectivity index (χ0) is 10.8. The molecule has 0 unspecified atom stereocenters. The second kappa shape index (κ2) is 4.32. The van der Waals surface area contributed by atoms with E-state index in [0.29, 0.717) is 5.82 Å². The fraction of sp³-hybridized carbons (Fsp3) is 0.333. The van der Waals surface area contributed by atoms with Crippen molar-refractivity contribution in [1.82, 2.24) is 15.2 Å². The Morgan fingerprint density at radius 1 is 1.60 bits per heavy atom. The third kappa shape index (κ3) is 1.91. The maximum absolute atomic E-state index is 5.80.